The van der Waals surface area contributed by atoms with Crippen LogP contribution in [0.2, 0.25) is 0 Å². The molecule has 0 aliphatic carbocycles. The zero-order valence-electron chi connectivity index (χ0n) is 12.2. The second kappa shape index (κ2) is 5.57. The van der Waals surface area contributed by atoms with Crippen LogP contribution >= 0.6 is 0 Å². The van der Waals surface area contributed by atoms with Gasteiger partial charge in [-0.15, -0.1) is 0 Å². The van der Waals surface area contributed by atoms with E-state index in [1.165, 1.54) is 17.7 Å². The van der Waals surface area contributed by atoms with Crippen molar-refractivity contribution in [3.8, 4) is 0 Å². The maximum absolute atomic E-state index is 3.67. The van der Waals surface area contributed by atoms with Gasteiger partial charge in [0, 0.05) is 11.7 Å². The lowest BCUT2D eigenvalue weighted by Crippen LogP contribution is -2.25. The lowest BCUT2D eigenvalue weighted by atomic mass is 9.85. The Bertz CT molecular complexity index is 349. The van der Waals surface area contributed by atoms with Crippen LogP contribution in [0.25, 0.3) is 0 Å². The van der Waals surface area contributed by atoms with E-state index in [1.807, 2.05) is 0 Å². The fourth-order valence-electron chi connectivity index (χ4n) is 2.00. The van der Waals surface area contributed by atoms with Gasteiger partial charge in [-0.1, -0.05) is 59.2 Å². The summed E-state index contributed by atoms with van der Waals surface area (Å²) in [6.45, 7) is 13.6. The Morgan fingerprint density at radius 2 is 1.71 bits per heavy atom. The van der Waals surface area contributed by atoms with Crippen molar-refractivity contribution in [2.24, 2.45) is 5.92 Å². The fraction of sp³-hybridized carbons (Fsp3) is 0.625. The molecule has 0 aliphatic rings. The monoisotopic (exact) mass is 233 g/mol. The molecule has 2 atom stereocenters. The van der Waals surface area contributed by atoms with Crippen LogP contribution in [0.5, 0.6) is 0 Å². The molecule has 1 aromatic carbocycles. The summed E-state index contributed by atoms with van der Waals surface area (Å²) in [6, 6.07) is 9.18. The molecule has 1 heteroatoms. The van der Waals surface area contributed by atoms with Crippen molar-refractivity contribution in [3.63, 3.8) is 0 Å². The number of para-hydroxylation sites is 1. The highest BCUT2D eigenvalue weighted by molar-refractivity contribution is 5.54. The standard InChI is InChI=1S/C16H27N/c1-7-12(2)13(3)17-15-11-9-8-10-14(15)16(4,5)6/h8-13,17H,7H2,1-6H3. The van der Waals surface area contributed by atoms with Gasteiger partial charge >= 0.3 is 0 Å². The molecule has 0 fully saturated rings. The highest BCUT2D eigenvalue weighted by Crippen LogP contribution is 2.30. The van der Waals surface area contributed by atoms with Crippen LogP contribution in [0, 0.1) is 5.92 Å². The molecule has 0 saturated carbocycles. The number of hydrogen-bond acceptors (Lipinski definition) is 1. The molecular formula is C16H27N. The molecule has 0 aromatic heterocycles. The quantitative estimate of drug-likeness (QED) is 0.785. The Hall–Kier alpha value is -0.980. The molecule has 0 bridgehead atoms. The minimum Gasteiger partial charge on any atom is -0.382 e. The van der Waals surface area contributed by atoms with Gasteiger partial charge in [0.15, 0.2) is 0 Å². The minimum absolute atomic E-state index is 0.193. The molecule has 96 valence electrons. The third-order valence-electron chi connectivity index (χ3n) is 3.62. The Kier molecular flexibility index (Phi) is 4.62. The van der Waals surface area contributed by atoms with Crippen molar-refractivity contribution in [1.29, 1.82) is 0 Å². The van der Waals surface area contributed by atoms with Crippen LogP contribution in [-0.4, -0.2) is 6.04 Å². The highest BCUT2D eigenvalue weighted by atomic mass is 14.9. The van der Waals surface area contributed by atoms with Crippen molar-refractivity contribution in [1.82, 2.24) is 0 Å². The third kappa shape index (κ3) is 3.76. The molecule has 1 N–H and O–H groups in total. The molecule has 0 saturated heterocycles. The molecule has 1 nitrogen and oxygen atoms in total. The van der Waals surface area contributed by atoms with Gasteiger partial charge in [-0.3, -0.25) is 0 Å². The van der Waals surface area contributed by atoms with Crippen molar-refractivity contribution in [3.05, 3.63) is 29.8 Å². The highest BCUT2D eigenvalue weighted by Gasteiger charge is 2.19. The first-order valence-corrected chi connectivity index (χ1v) is 6.72. The zero-order valence-corrected chi connectivity index (χ0v) is 12.2. The van der Waals surface area contributed by atoms with Gasteiger partial charge in [0.1, 0.15) is 0 Å². The van der Waals surface area contributed by atoms with E-state index >= 15 is 0 Å². The summed E-state index contributed by atoms with van der Waals surface area (Å²) in [6.07, 6.45) is 1.21. The van der Waals surface area contributed by atoms with E-state index < -0.39 is 0 Å². The molecular weight excluding hydrogens is 206 g/mol. The zero-order chi connectivity index (χ0) is 13.1. The summed E-state index contributed by atoms with van der Waals surface area (Å²) >= 11 is 0. The van der Waals surface area contributed by atoms with E-state index in [-0.39, 0.29) is 5.41 Å². The summed E-state index contributed by atoms with van der Waals surface area (Å²) in [5, 5.41) is 3.67. The van der Waals surface area contributed by atoms with E-state index in [2.05, 4.69) is 71.1 Å². The third-order valence-corrected chi connectivity index (χ3v) is 3.62. The molecule has 0 aliphatic heterocycles. The fourth-order valence-corrected chi connectivity index (χ4v) is 2.00. The van der Waals surface area contributed by atoms with Gasteiger partial charge in [0.2, 0.25) is 0 Å². The van der Waals surface area contributed by atoms with Crippen LogP contribution in [0.4, 0.5) is 5.69 Å². The normalized spacial score (nSPS) is 15.4. The van der Waals surface area contributed by atoms with Gasteiger partial charge in [-0.2, -0.15) is 0 Å². The van der Waals surface area contributed by atoms with E-state index in [0.29, 0.717) is 12.0 Å². The number of rotatable bonds is 4. The van der Waals surface area contributed by atoms with Crippen LogP contribution in [0.1, 0.15) is 53.5 Å². The van der Waals surface area contributed by atoms with Crippen LogP contribution in [0.3, 0.4) is 0 Å². The van der Waals surface area contributed by atoms with E-state index in [4.69, 9.17) is 0 Å². The number of anilines is 1. The number of hydrogen-bond donors (Lipinski definition) is 1. The average Bonchev–Trinajstić information content (AvgIpc) is 2.27. The topological polar surface area (TPSA) is 12.0 Å². The SMILES string of the molecule is CCC(C)C(C)Nc1ccccc1C(C)(C)C. The van der Waals surface area contributed by atoms with Gasteiger partial charge in [0.25, 0.3) is 0 Å². The maximum Gasteiger partial charge on any atom is 0.0380 e. The summed E-state index contributed by atoms with van der Waals surface area (Å²) in [5.74, 6) is 0.697. The first-order valence-electron chi connectivity index (χ1n) is 6.72. The van der Waals surface area contributed by atoms with E-state index in [1.54, 1.807) is 0 Å². The summed E-state index contributed by atoms with van der Waals surface area (Å²) < 4.78 is 0. The van der Waals surface area contributed by atoms with E-state index in [0.717, 1.165) is 0 Å². The number of nitrogens with one attached hydrogen (secondary N) is 1. The molecule has 2 unspecified atom stereocenters. The van der Waals surface area contributed by atoms with Crippen LogP contribution in [-0.2, 0) is 5.41 Å². The summed E-state index contributed by atoms with van der Waals surface area (Å²) in [7, 11) is 0. The summed E-state index contributed by atoms with van der Waals surface area (Å²) in [5.41, 5.74) is 2.88. The molecule has 0 amide bonds. The molecule has 0 heterocycles. The average molecular weight is 233 g/mol. The largest absolute Gasteiger partial charge is 0.382 e. The molecule has 1 aromatic rings. The first-order chi connectivity index (χ1) is 7.86. The Labute approximate surface area is 107 Å². The van der Waals surface area contributed by atoms with Crippen LogP contribution in [0.15, 0.2) is 24.3 Å². The van der Waals surface area contributed by atoms with Crippen molar-refractivity contribution >= 4 is 5.69 Å². The second-order valence-corrected chi connectivity index (χ2v) is 6.11. The number of benzene rings is 1. The van der Waals surface area contributed by atoms with Gasteiger partial charge < -0.3 is 5.32 Å². The van der Waals surface area contributed by atoms with Gasteiger partial charge in [0.05, 0.1) is 0 Å². The Morgan fingerprint density at radius 3 is 2.24 bits per heavy atom. The minimum atomic E-state index is 0.193. The molecule has 0 radical (unpaired) electrons. The smallest absolute Gasteiger partial charge is 0.0380 e. The molecule has 0 spiro atoms. The molecule has 17 heavy (non-hydrogen) atoms. The Morgan fingerprint density at radius 1 is 1.12 bits per heavy atom. The predicted octanol–water partition coefficient (Wildman–Crippen LogP) is 4.83. The second-order valence-electron chi connectivity index (χ2n) is 6.11. The lowest BCUT2D eigenvalue weighted by Gasteiger charge is -2.27. The summed E-state index contributed by atoms with van der Waals surface area (Å²) in [4.78, 5) is 0. The van der Waals surface area contributed by atoms with Crippen LogP contribution < -0.4 is 5.32 Å². The van der Waals surface area contributed by atoms with Gasteiger partial charge in [-0.05, 0) is 29.9 Å². The van der Waals surface area contributed by atoms with Crippen molar-refractivity contribution in [2.75, 3.05) is 5.32 Å². The van der Waals surface area contributed by atoms with Crippen molar-refractivity contribution < 1.29 is 0 Å². The first kappa shape index (κ1) is 14.1. The van der Waals surface area contributed by atoms with Gasteiger partial charge in [-0.25, -0.2) is 0 Å². The Balaban J connectivity index is 2.91. The maximum atomic E-state index is 3.67. The molecule has 1 rings (SSSR count). The lowest BCUT2D eigenvalue weighted by molar-refractivity contribution is 0.492. The van der Waals surface area contributed by atoms with E-state index in [9.17, 15) is 0 Å². The predicted molar refractivity (Wildman–Crippen MR) is 77.7 cm³/mol. The van der Waals surface area contributed by atoms with Crippen molar-refractivity contribution in [2.45, 2.75) is 59.4 Å².